The fraction of sp³-hybridized carbons (Fsp3) is 0.182. The summed E-state index contributed by atoms with van der Waals surface area (Å²) >= 11 is 0. The molecule has 0 radical (unpaired) electrons. The molecule has 1 heterocycles. The highest BCUT2D eigenvalue weighted by Gasteiger charge is 2.05. The van der Waals surface area contributed by atoms with Gasteiger partial charge in [0.05, 0.1) is 0 Å². The van der Waals surface area contributed by atoms with E-state index in [0.717, 1.165) is 29.2 Å². The van der Waals surface area contributed by atoms with Crippen LogP contribution in [0, 0.1) is 0 Å². The number of aldehydes is 1. The van der Waals surface area contributed by atoms with Gasteiger partial charge in [-0.25, -0.2) is 0 Å². The summed E-state index contributed by atoms with van der Waals surface area (Å²) in [6, 6.07) is 7.71. The third-order valence-electron chi connectivity index (χ3n) is 2.14. The van der Waals surface area contributed by atoms with Gasteiger partial charge in [0, 0.05) is 5.39 Å². The molecule has 66 valence electrons. The van der Waals surface area contributed by atoms with E-state index in [0.29, 0.717) is 5.76 Å². The molecule has 0 saturated carbocycles. The van der Waals surface area contributed by atoms with E-state index in [1.54, 1.807) is 6.07 Å². The lowest BCUT2D eigenvalue weighted by Gasteiger charge is -1.95. The van der Waals surface area contributed by atoms with E-state index in [4.69, 9.17) is 4.42 Å². The summed E-state index contributed by atoms with van der Waals surface area (Å²) in [7, 11) is 0. The summed E-state index contributed by atoms with van der Waals surface area (Å²) in [5.74, 6) is 0.399. The molecule has 0 atom stereocenters. The van der Waals surface area contributed by atoms with Crippen LogP contribution in [-0.2, 0) is 6.42 Å². The topological polar surface area (TPSA) is 30.2 Å². The lowest BCUT2D eigenvalue weighted by Crippen LogP contribution is -1.78. The Morgan fingerprint density at radius 3 is 3.00 bits per heavy atom. The third-order valence-corrected chi connectivity index (χ3v) is 2.14. The Balaban J connectivity index is 2.74. The molecule has 2 aromatic rings. The van der Waals surface area contributed by atoms with Crippen LogP contribution in [0.3, 0.4) is 0 Å². The van der Waals surface area contributed by atoms with Crippen molar-refractivity contribution < 1.29 is 9.21 Å². The molecule has 13 heavy (non-hydrogen) atoms. The zero-order valence-corrected chi connectivity index (χ0v) is 7.41. The smallest absolute Gasteiger partial charge is 0.185 e. The molecule has 0 unspecified atom stereocenters. The number of fused-ring (bicyclic) bond motifs is 1. The number of rotatable bonds is 2. The zero-order valence-electron chi connectivity index (χ0n) is 7.41. The van der Waals surface area contributed by atoms with Crippen LogP contribution in [-0.4, -0.2) is 6.29 Å². The molecule has 0 aliphatic carbocycles. The van der Waals surface area contributed by atoms with Crippen LogP contribution in [0.4, 0.5) is 0 Å². The van der Waals surface area contributed by atoms with Gasteiger partial charge in [-0.05, 0) is 18.1 Å². The van der Waals surface area contributed by atoms with Crippen LogP contribution in [0.15, 0.2) is 28.7 Å². The first-order valence-electron chi connectivity index (χ1n) is 4.31. The fourth-order valence-electron chi connectivity index (χ4n) is 1.48. The normalized spacial score (nSPS) is 10.5. The summed E-state index contributed by atoms with van der Waals surface area (Å²) in [6.07, 6.45) is 1.66. The number of hydrogen-bond acceptors (Lipinski definition) is 2. The summed E-state index contributed by atoms with van der Waals surface area (Å²) in [5.41, 5.74) is 1.98. The molecule has 2 nitrogen and oxygen atoms in total. The van der Waals surface area contributed by atoms with Crippen molar-refractivity contribution in [1.82, 2.24) is 0 Å². The van der Waals surface area contributed by atoms with Crippen molar-refractivity contribution in [2.24, 2.45) is 0 Å². The minimum atomic E-state index is 0.399. The van der Waals surface area contributed by atoms with E-state index in [9.17, 15) is 4.79 Å². The number of benzene rings is 1. The van der Waals surface area contributed by atoms with Crippen LogP contribution in [0.2, 0.25) is 0 Å². The molecule has 0 amide bonds. The predicted octanol–water partition coefficient (Wildman–Crippen LogP) is 2.81. The number of para-hydroxylation sites is 1. The number of aryl methyl sites for hydroxylation is 1. The molecule has 2 heteroatoms. The molecule has 0 aliphatic heterocycles. The van der Waals surface area contributed by atoms with Gasteiger partial charge in [-0.2, -0.15) is 0 Å². The highest BCUT2D eigenvalue weighted by molar-refractivity contribution is 5.86. The van der Waals surface area contributed by atoms with E-state index in [1.807, 2.05) is 18.2 Å². The Morgan fingerprint density at radius 1 is 1.46 bits per heavy atom. The zero-order chi connectivity index (χ0) is 9.26. The minimum Gasteiger partial charge on any atom is -0.453 e. The second kappa shape index (κ2) is 3.05. The average Bonchev–Trinajstić information content (AvgIpc) is 2.59. The van der Waals surface area contributed by atoms with E-state index in [1.165, 1.54) is 0 Å². The van der Waals surface area contributed by atoms with Gasteiger partial charge in [-0.1, -0.05) is 25.1 Å². The molecule has 0 aliphatic rings. The summed E-state index contributed by atoms with van der Waals surface area (Å²) in [5, 5.41) is 1.00. The monoisotopic (exact) mass is 174 g/mol. The van der Waals surface area contributed by atoms with Gasteiger partial charge in [0.15, 0.2) is 12.0 Å². The molecule has 1 aromatic carbocycles. The average molecular weight is 174 g/mol. The number of furan rings is 1. The van der Waals surface area contributed by atoms with Crippen LogP contribution < -0.4 is 0 Å². The van der Waals surface area contributed by atoms with Gasteiger partial charge in [0.25, 0.3) is 0 Å². The van der Waals surface area contributed by atoms with Crippen LogP contribution >= 0.6 is 0 Å². The maximum Gasteiger partial charge on any atom is 0.185 e. The van der Waals surface area contributed by atoms with E-state index < -0.39 is 0 Å². The molecule has 0 bridgehead atoms. The van der Waals surface area contributed by atoms with E-state index in [-0.39, 0.29) is 0 Å². The fourth-order valence-corrected chi connectivity index (χ4v) is 1.48. The molecule has 0 spiro atoms. The molecule has 2 rings (SSSR count). The Labute approximate surface area is 76.2 Å². The standard InChI is InChI=1S/C11H10O2/c1-2-8-4-3-5-9-6-10(7-12)13-11(8)9/h3-7H,2H2,1H3. The van der Waals surface area contributed by atoms with Crippen molar-refractivity contribution in [3.8, 4) is 0 Å². The van der Waals surface area contributed by atoms with Crippen LogP contribution in [0.5, 0.6) is 0 Å². The summed E-state index contributed by atoms with van der Waals surface area (Å²) < 4.78 is 5.37. The summed E-state index contributed by atoms with van der Waals surface area (Å²) in [6.45, 7) is 2.07. The molecule has 0 saturated heterocycles. The molecule has 1 aromatic heterocycles. The van der Waals surface area contributed by atoms with Gasteiger partial charge < -0.3 is 4.42 Å². The number of hydrogen-bond donors (Lipinski definition) is 0. The maximum atomic E-state index is 10.5. The van der Waals surface area contributed by atoms with Crippen molar-refractivity contribution >= 4 is 17.3 Å². The first-order valence-corrected chi connectivity index (χ1v) is 4.31. The second-order valence-electron chi connectivity index (χ2n) is 2.96. The first-order chi connectivity index (χ1) is 6.35. The third kappa shape index (κ3) is 1.24. The summed E-state index contributed by atoms with van der Waals surface area (Å²) in [4.78, 5) is 10.5. The van der Waals surface area contributed by atoms with Crippen molar-refractivity contribution in [1.29, 1.82) is 0 Å². The molecule has 0 fully saturated rings. The van der Waals surface area contributed by atoms with Gasteiger partial charge >= 0.3 is 0 Å². The van der Waals surface area contributed by atoms with Gasteiger partial charge in [-0.15, -0.1) is 0 Å². The number of carbonyl (C=O) groups excluding carboxylic acids is 1. The van der Waals surface area contributed by atoms with Gasteiger partial charge in [0.1, 0.15) is 5.58 Å². The minimum absolute atomic E-state index is 0.399. The highest BCUT2D eigenvalue weighted by atomic mass is 16.3. The highest BCUT2D eigenvalue weighted by Crippen LogP contribution is 2.22. The Kier molecular flexibility index (Phi) is 1.89. The Hall–Kier alpha value is -1.57. The maximum absolute atomic E-state index is 10.5. The van der Waals surface area contributed by atoms with E-state index in [2.05, 4.69) is 6.92 Å². The molecular weight excluding hydrogens is 164 g/mol. The van der Waals surface area contributed by atoms with Crippen LogP contribution in [0.25, 0.3) is 11.0 Å². The van der Waals surface area contributed by atoms with Crippen molar-refractivity contribution in [3.05, 3.63) is 35.6 Å². The Morgan fingerprint density at radius 2 is 2.31 bits per heavy atom. The SMILES string of the molecule is CCc1cccc2cc(C=O)oc12. The predicted molar refractivity (Wildman–Crippen MR) is 51.0 cm³/mol. The Bertz CT molecular complexity index is 440. The van der Waals surface area contributed by atoms with Crippen LogP contribution in [0.1, 0.15) is 23.0 Å². The first kappa shape index (κ1) is 8.05. The largest absolute Gasteiger partial charge is 0.453 e. The molecule has 0 N–H and O–H groups in total. The van der Waals surface area contributed by atoms with E-state index >= 15 is 0 Å². The van der Waals surface area contributed by atoms with Crippen molar-refractivity contribution in [2.45, 2.75) is 13.3 Å². The van der Waals surface area contributed by atoms with Crippen molar-refractivity contribution in [3.63, 3.8) is 0 Å². The molecular formula is C11H10O2. The second-order valence-corrected chi connectivity index (χ2v) is 2.96. The van der Waals surface area contributed by atoms with Crippen molar-refractivity contribution in [2.75, 3.05) is 0 Å². The lowest BCUT2D eigenvalue weighted by molar-refractivity contribution is 0.110. The quantitative estimate of drug-likeness (QED) is 0.655. The lowest BCUT2D eigenvalue weighted by atomic mass is 10.1. The number of carbonyl (C=O) groups is 1. The van der Waals surface area contributed by atoms with Gasteiger partial charge in [0.2, 0.25) is 0 Å². The van der Waals surface area contributed by atoms with Gasteiger partial charge in [-0.3, -0.25) is 4.79 Å².